The van der Waals surface area contributed by atoms with Crippen LogP contribution >= 0.6 is 0 Å². The Morgan fingerprint density at radius 3 is 2.81 bits per heavy atom. The maximum atomic E-state index is 12.5. The lowest BCUT2D eigenvalue weighted by atomic mass is 9.51. The van der Waals surface area contributed by atoms with E-state index in [2.05, 4.69) is 19.1 Å². The summed E-state index contributed by atoms with van der Waals surface area (Å²) in [5.41, 5.74) is 9.50. The van der Waals surface area contributed by atoms with Crippen molar-refractivity contribution in [2.24, 2.45) is 28.4 Å². The van der Waals surface area contributed by atoms with Crippen LogP contribution in [0.4, 0.5) is 0 Å². The minimum atomic E-state index is -0.210. The molecule has 2 nitrogen and oxygen atoms in total. The second-order valence-electron chi connectivity index (χ2n) is 7.95. The highest BCUT2D eigenvalue weighted by atomic mass is 16.1. The van der Waals surface area contributed by atoms with Gasteiger partial charge in [-0.15, -0.1) is 0 Å². The number of carbonyl (C=O) groups excluding carboxylic acids is 1. The average molecular weight is 285 g/mol. The molecule has 2 N–H and O–H groups in total. The van der Waals surface area contributed by atoms with Gasteiger partial charge in [0, 0.05) is 18.4 Å². The van der Waals surface area contributed by atoms with Gasteiger partial charge in [0.1, 0.15) is 5.78 Å². The number of carbonyl (C=O) groups is 1. The van der Waals surface area contributed by atoms with Crippen LogP contribution in [-0.4, -0.2) is 12.3 Å². The normalized spacial score (nSPS) is 45.3. The monoisotopic (exact) mass is 285 g/mol. The Hall–Kier alpha value is -0.890. The molecule has 0 aromatic rings. The molecule has 0 amide bonds. The Morgan fingerprint density at radius 1 is 1.14 bits per heavy atom. The molecular formula is C19H27NO. The summed E-state index contributed by atoms with van der Waals surface area (Å²) in [5, 5.41) is 0. The standard InChI is InChI=1S/C19H27NO/c1-18-10-3-2-4-13(18)5-6-14-15(18)9-11-19(12-20)16(14)7-8-17(19)21/h5-6,15-16H,2-4,7-12,20H2,1H3/t15-,16-,18-,19+/m0/s1. The van der Waals surface area contributed by atoms with Gasteiger partial charge in [-0.25, -0.2) is 0 Å². The second kappa shape index (κ2) is 4.55. The third-order valence-corrected chi connectivity index (χ3v) is 7.30. The van der Waals surface area contributed by atoms with Crippen molar-refractivity contribution in [2.75, 3.05) is 6.54 Å². The lowest BCUT2D eigenvalue weighted by Crippen LogP contribution is -2.49. The van der Waals surface area contributed by atoms with Gasteiger partial charge in [-0.1, -0.05) is 36.6 Å². The molecular weight excluding hydrogens is 258 g/mol. The fourth-order valence-corrected chi connectivity index (χ4v) is 6.00. The van der Waals surface area contributed by atoms with Crippen LogP contribution in [-0.2, 0) is 4.79 Å². The maximum Gasteiger partial charge on any atom is 0.140 e. The van der Waals surface area contributed by atoms with Crippen LogP contribution in [0.2, 0.25) is 0 Å². The number of fused-ring (bicyclic) bond motifs is 5. The molecule has 4 aliphatic carbocycles. The predicted octanol–water partition coefficient (Wildman–Crippen LogP) is 3.77. The van der Waals surface area contributed by atoms with Gasteiger partial charge in [0.25, 0.3) is 0 Å². The van der Waals surface area contributed by atoms with Crippen molar-refractivity contribution in [2.45, 2.75) is 58.3 Å². The lowest BCUT2D eigenvalue weighted by molar-refractivity contribution is -0.128. The summed E-state index contributed by atoms with van der Waals surface area (Å²) in [6.45, 7) is 3.04. The minimum absolute atomic E-state index is 0.210. The van der Waals surface area contributed by atoms with Crippen LogP contribution < -0.4 is 5.73 Å². The Bertz CT molecular complexity index is 546. The van der Waals surface area contributed by atoms with E-state index in [0.29, 0.717) is 29.6 Å². The summed E-state index contributed by atoms with van der Waals surface area (Å²) in [5.74, 6) is 1.55. The van der Waals surface area contributed by atoms with Crippen LogP contribution in [0.3, 0.4) is 0 Å². The van der Waals surface area contributed by atoms with Gasteiger partial charge in [0.15, 0.2) is 0 Å². The molecule has 4 atom stereocenters. The van der Waals surface area contributed by atoms with Crippen molar-refractivity contribution in [1.82, 2.24) is 0 Å². The number of rotatable bonds is 1. The maximum absolute atomic E-state index is 12.5. The molecule has 3 saturated carbocycles. The highest BCUT2D eigenvalue weighted by Gasteiger charge is 2.57. The number of hydrogen-bond donors (Lipinski definition) is 1. The van der Waals surface area contributed by atoms with Crippen molar-refractivity contribution in [3.8, 4) is 0 Å². The van der Waals surface area contributed by atoms with Crippen LogP contribution in [0.15, 0.2) is 23.3 Å². The molecule has 0 saturated heterocycles. The Labute approximate surface area is 127 Å². The molecule has 0 bridgehead atoms. The quantitative estimate of drug-likeness (QED) is 0.797. The van der Waals surface area contributed by atoms with Gasteiger partial charge in [0.2, 0.25) is 0 Å². The van der Waals surface area contributed by atoms with E-state index < -0.39 is 0 Å². The first-order valence-electron chi connectivity index (χ1n) is 8.76. The fourth-order valence-electron chi connectivity index (χ4n) is 6.00. The van der Waals surface area contributed by atoms with E-state index in [-0.39, 0.29) is 5.41 Å². The summed E-state index contributed by atoms with van der Waals surface area (Å²) in [6, 6.07) is 0. The second-order valence-corrected chi connectivity index (χ2v) is 7.95. The van der Waals surface area contributed by atoms with E-state index in [1.54, 1.807) is 11.1 Å². The van der Waals surface area contributed by atoms with Gasteiger partial charge in [0.05, 0.1) is 0 Å². The topological polar surface area (TPSA) is 43.1 Å². The fraction of sp³-hybridized carbons (Fsp3) is 0.737. The zero-order valence-corrected chi connectivity index (χ0v) is 13.2. The number of ketones is 1. The Morgan fingerprint density at radius 2 is 2.00 bits per heavy atom. The number of Topliss-reactive ketones (excluding diaryl/α,β-unsaturated/α-hetero) is 1. The number of hydrogen-bond acceptors (Lipinski definition) is 2. The molecule has 3 fully saturated rings. The summed E-state index contributed by atoms with van der Waals surface area (Å²) in [7, 11) is 0. The molecule has 2 heteroatoms. The molecule has 0 heterocycles. The van der Waals surface area contributed by atoms with E-state index in [9.17, 15) is 4.79 Å². The smallest absolute Gasteiger partial charge is 0.140 e. The molecule has 21 heavy (non-hydrogen) atoms. The average Bonchev–Trinajstić information content (AvgIpc) is 2.84. The van der Waals surface area contributed by atoms with E-state index in [1.807, 2.05) is 0 Å². The summed E-state index contributed by atoms with van der Waals surface area (Å²) in [4.78, 5) is 12.5. The van der Waals surface area contributed by atoms with Gasteiger partial charge in [-0.2, -0.15) is 0 Å². The third kappa shape index (κ3) is 1.66. The van der Waals surface area contributed by atoms with Crippen molar-refractivity contribution >= 4 is 5.78 Å². The van der Waals surface area contributed by atoms with Crippen LogP contribution in [0.1, 0.15) is 58.3 Å². The zero-order valence-electron chi connectivity index (χ0n) is 13.2. The van der Waals surface area contributed by atoms with Crippen LogP contribution in [0.25, 0.3) is 0 Å². The van der Waals surface area contributed by atoms with Gasteiger partial charge in [-0.05, 0) is 55.8 Å². The van der Waals surface area contributed by atoms with Gasteiger partial charge >= 0.3 is 0 Å². The predicted molar refractivity (Wildman–Crippen MR) is 84.7 cm³/mol. The van der Waals surface area contributed by atoms with E-state index in [4.69, 9.17) is 5.73 Å². The molecule has 0 radical (unpaired) electrons. The molecule has 0 aromatic carbocycles. The highest BCUT2D eigenvalue weighted by molar-refractivity contribution is 5.88. The molecule has 0 unspecified atom stereocenters. The van der Waals surface area contributed by atoms with Gasteiger partial charge < -0.3 is 5.73 Å². The Kier molecular flexibility index (Phi) is 2.98. The SMILES string of the molecule is C[C@]12CCCCC1=CC=C1[C@@H]3CCC(=O)[C@@]3(CN)CC[C@@H]12. The zero-order chi connectivity index (χ0) is 14.7. The van der Waals surface area contributed by atoms with Crippen LogP contribution in [0.5, 0.6) is 0 Å². The lowest BCUT2D eigenvalue weighted by Gasteiger charge is -2.53. The summed E-state index contributed by atoms with van der Waals surface area (Å²) in [6.07, 6.45) is 14.1. The molecule has 0 spiro atoms. The van der Waals surface area contributed by atoms with E-state index in [0.717, 1.165) is 19.3 Å². The van der Waals surface area contributed by atoms with Gasteiger partial charge in [-0.3, -0.25) is 4.79 Å². The molecule has 4 rings (SSSR count). The molecule has 114 valence electrons. The van der Waals surface area contributed by atoms with Crippen molar-refractivity contribution in [3.05, 3.63) is 23.3 Å². The molecule has 0 aliphatic heterocycles. The summed E-state index contributed by atoms with van der Waals surface area (Å²) < 4.78 is 0. The van der Waals surface area contributed by atoms with Crippen molar-refractivity contribution in [1.29, 1.82) is 0 Å². The van der Waals surface area contributed by atoms with Crippen molar-refractivity contribution < 1.29 is 4.79 Å². The molecule has 4 aliphatic rings. The summed E-state index contributed by atoms with van der Waals surface area (Å²) >= 11 is 0. The first-order chi connectivity index (χ1) is 10.1. The molecule has 0 aromatic heterocycles. The number of nitrogens with two attached hydrogens (primary N) is 1. The number of allylic oxidation sites excluding steroid dienone is 4. The third-order valence-electron chi connectivity index (χ3n) is 7.30. The van der Waals surface area contributed by atoms with Crippen molar-refractivity contribution in [3.63, 3.8) is 0 Å². The highest BCUT2D eigenvalue weighted by Crippen LogP contribution is 2.62. The first kappa shape index (κ1) is 13.8. The van der Waals surface area contributed by atoms with E-state index in [1.165, 1.54) is 32.1 Å². The largest absolute Gasteiger partial charge is 0.329 e. The minimum Gasteiger partial charge on any atom is -0.329 e. The first-order valence-corrected chi connectivity index (χ1v) is 8.76. The van der Waals surface area contributed by atoms with E-state index >= 15 is 0 Å². The van der Waals surface area contributed by atoms with Crippen LogP contribution in [0, 0.1) is 22.7 Å². The Balaban J connectivity index is 1.77.